The summed E-state index contributed by atoms with van der Waals surface area (Å²) in [6.45, 7) is 1.85. The monoisotopic (exact) mass is 331 g/mol. The highest BCUT2D eigenvalue weighted by Gasteiger charge is 2.14. The molecular formula is C12H11Cl2N3O2S. The van der Waals surface area contributed by atoms with Crippen molar-refractivity contribution in [2.75, 3.05) is 6.26 Å². The predicted octanol–water partition coefficient (Wildman–Crippen LogP) is 3.34. The fraction of sp³-hybridized carbons (Fsp3) is 0.250. The molecule has 0 aliphatic carbocycles. The summed E-state index contributed by atoms with van der Waals surface area (Å²) >= 11 is 13.5. The van der Waals surface area contributed by atoms with Gasteiger partial charge in [-0.15, -0.1) is 11.8 Å². The van der Waals surface area contributed by atoms with Gasteiger partial charge in [0.25, 0.3) is 5.91 Å². The number of thioether (sulfide) groups is 1. The van der Waals surface area contributed by atoms with E-state index < -0.39 is 0 Å². The molecule has 0 aliphatic rings. The molecule has 0 radical (unpaired) electrons. The summed E-state index contributed by atoms with van der Waals surface area (Å²) < 4.78 is 4.82. The van der Waals surface area contributed by atoms with Crippen molar-refractivity contribution in [3.05, 3.63) is 39.5 Å². The lowest BCUT2D eigenvalue weighted by molar-refractivity contribution is 0.0949. The number of hydrogen-bond donors (Lipinski definition) is 1. The highest BCUT2D eigenvalue weighted by molar-refractivity contribution is 7.98. The minimum atomic E-state index is -0.315. The lowest BCUT2D eigenvalue weighted by atomic mass is 10.2. The minimum Gasteiger partial charge on any atom is -0.345 e. The Kier molecular flexibility index (Phi) is 4.91. The van der Waals surface area contributed by atoms with Crippen LogP contribution in [0.5, 0.6) is 0 Å². The smallest absolute Gasteiger partial charge is 0.253 e. The Morgan fingerprint density at radius 2 is 2.15 bits per heavy atom. The number of aromatic nitrogens is 2. The fourth-order valence-electron chi connectivity index (χ4n) is 1.53. The molecule has 5 nitrogen and oxygen atoms in total. The van der Waals surface area contributed by atoms with E-state index in [9.17, 15) is 4.79 Å². The molecule has 106 valence electrons. The lowest BCUT2D eigenvalue weighted by Crippen LogP contribution is -2.23. The van der Waals surface area contributed by atoms with Crippen LogP contribution < -0.4 is 5.32 Å². The second kappa shape index (κ2) is 6.47. The number of rotatable bonds is 4. The number of nitrogens with one attached hydrogen (secondary N) is 1. The molecule has 1 N–H and O–H groups in total. The fourth-order valence-corrected chi connectivity index (χ4v) is 2.72. The van der Waals surface area contributed by atoms with E-state index in [1.807, 2.05) is 6.26 Å². The number of amides is 1. The van der Waals surface area contributed by atoms with Crippen LogP contribution in [0.2, 0.25) is 10.0 Å². The van der Waals surface area contributed by atoms with Crippen LogP contribution in [0.1, 0.15) is 22.1 Å². The van der Waals surface area contributed by atoms with Gasteiger partial charge in [0.15, 0.2) is 5.82 Å². The number of carbonyl (C=O) groups excluding carboxylic acids is 1. The van der Waals surface area contributed by atoms with Crippen molar-refractivity contribution >= 4 is 40.9 Å². The van der Waals surface area contributed by atoms with Gasteiger partial charge in [0.1, 0.15) is 0 Å². The Morgan fingerprint density at radius 1 is 1.40 bits per heavy atom. The molecule has 8 heteroatoms. The molecule has 0 fully saturated rings. The maximum atomic E-state index is 12.1. The van der Waals surface area contributed by atoms with Crippen molar-refractivity contribution in [3.63, 3.8) is 0 Å². The largest absolute Gasteiger partial charge is 0.345 e. The van der Waals surface area contributed by atoms with Crippen LogP contribution >= 0.6 is 35.0 Å². The van der Waals surface area contributed by atoms with Gasteiger partial charge in [-0.3, -0.25) is 4.79 Å². The number of aryl methyl sites for hydroxylation is 1. The summed E-state index contributed by atoms with van der Waals surface area (Å²) in [6, 6.07) is 3.22. The van der Waals surface area contributed by atoms with Gasteiger partial charge in [0.2, 0.25) is 5.89 Å². The van der Waals surface area contributed by atoms with E-state index in [4.69, 9.17) is 27.7 Å². The zero-order valence-electron chi connectivity index (χ0n) is 10.7. The van der Waals surface area contributed by atoms with E-state index in [0.29, 0.717) is 27.3 Å². The first-order valence-electron chi connectivity index (χ1n) is 5.61. The minimum absolute atomic E-state index is 0.170. The number of nitrogens with zero attached hydrogens (tertiary/aromatic N) is 2. The van der Waals surface area contributed by atoms with Gasteiger partial charge in [-0.1, -0.05) is 28.4 Å². The number of carbonyl (C=O) groups is 1. The molecule has 0 spiro atoms. The normalized spacial score (nSPS) is 10.6. The first-order chi connectivity index (χ1) is 9.51. The zero-order valence-corrected chi connectivity index (χ0v) is 13.1. The molecule has 1 heterocycles. The van der Waals surface area contributed by atoms with Crippen molar-refractivity contribution in [2.24, 2.45) is 0 Å². The third-order valence-electron chi connectivity index (χ3n) is 2.46. The molecule has 1 aromatic carbocycles. The van der Waals surface area contributed by atoms with Crippen LogP contribution in [0.4, 0.5) is 0 Å². The van der Waals surface area contributed by atoms with E-state index >= 15 is 0 Å². The summed E-state index contributed by atoms with van der Waals surface area (Å²) in [5, 5.41) is 7.19. The van der Waals surface area contributed by atoms with Gasteiger partial charge < -0.3 is 9.84 Å². The van der Waals surface area contributed by atoms with Crippen LogP contribution in [0.15, 0.2) is 21.6 Å². The van der Waals surface area contributed by atoms with Crippen molar-refractivity contribution in [3.8, 4) is 0 Å². The molecular weight excluding hydrogens is 321 g/mol. The molecule has 20 heavy (non-hydrogen) atoms. The number of benzene rings is 1. The quantitative estimate of drug-likeness (QED) is 0.870. The topological polar surface area (TPSA) is 68.0 Å². The summed E-state index contributed by atoms with van der Waals surface area (Å²) in [6.07, 6.45) is 1.87. The van der Waals surface area contributed by atoms with Crippen molar-refractivity contribution in [1.29, 1.82) is 0 Å². The average Bonchev–Trinajstić information content (AvgIpc) is 2.82. The molecule has 2 aromatic rings. The molecule has 1 aromatic heterocycles. The Hall–Kier alpha value is -1.24. The molecule has 0 aliphatic heterocycles. The Morgan fingerprint density at radius 3 is 2.75 bits per heavy atom. The van der Waals surface area contributed by atoms with Crippen LogP contribution in [0.25, 0.3) is 0 Å². The van der Waals surface area contributed by atoms with Crippen molar-refractivity contribution < 1.29 is 9.32 Å². The molecule has 2 rings (SSSR count). The molecule has 0 bridgehead atoms. The first-order valence-corrected chi connectivity index (χ1v) is 7.59. The lowest BCUT2D eigenvalue weighted by Gasteiger charge is -2.08. The predicted molar refractivity (Wildman–Crippen MR) is 78.4 cm³/mol. The van der Waals surface area contributed by atoms with Gasteiger partial charge in [-0.25, -0.2) is 0 Å². The first kappa shape index (κ1) is 15.2. The summed E-state index contributed by atoms with van der Waals surface area (Å²) in [7, 11) is 0. The molecule has 0 atom stereocenters. The highest BCUT2D eigenvalue weighted by Crippen LogP contribution is 2.31. The van der Waals surface area contributed by atoms with Crippen LogP contribution in [-0.4, -0.2) is 22.3 Å². The Labute approximate surface area is 130 Å². The van der Waals surface area contributed by atoms with E-state index in [2.05, 4.69) is 15.5 Å². The van der Waals surface area contributed by atoms with Gasteiger partial charge in [-0.2, -0.15) is 4.98 Å². The summed E-state index contributed by atoms with van der Waals surface area (Å²) in [5.74, 6) is 0.541. The maximum Gasteiger partial charge on any atom is 0.253 e. The standard InChI is InChI=1S/C12H11Cl2N3O2S/c1-6-16-11(17-19-6)5-15-12(18)7-3-10(20-2)9(14)4-8(7)13/h3-4H,5H2,1-2H3,(H,15,18). The van der Waals surface area contributed by atoms with Gasteiger partial charge in [0.05, 0.1) is 22.2 Å². The highest BCUT2D eigenvalue weighted by atomic mass is 35.5. The average molecular weight is 332 g/mol. The zero-order chi connectivity index (χ0) is 14.7. The number of halogens is 2. The second-order valence-corrected chi connectivity index (χ2v) is 5.54. The Balaban J connectivity index is 2.12. The van der Waals surface area contributed by atoms with Crippen LogP contribution in [-0.2, 0) is 6.54 Å². The summed E-state index contributed by atoms with van der Waals surface area (Å²) in [5.41, 5.74) is 0.362. The van der Waals surface area contributed by atoms with Crippen molar-refractivity contribution in [2.45, 2.75) is 18.4 Å². The molecule has 0 saturated carbocycles. The van der Waals surface area contributed by atoms with E-state index in [1.165, 1.54) is 11.8 Å². The van der Waals surface area contributed by atoms with Crippen molar-refractivity contribution in [1.82, 2.24) is 15.5 Å². The molecule has 0 unspecified atom stereocenters. The van der Waals surface area contributed by atoms with Gasteiger partial charge >= 0.3 is 0 Å². The molecule has 1 amide bonds. The third kappa shape index (κ3) is 3.45. The van der Waals surface area contributed by atoms with E-state index in [0.717, 1.165) is 4.90 Å². The van der Waals surface area contributed by atoms with Crippen LogP contribution in [0.3, 0.4) is 0 Å². The van der Waals surface area contributed by atoms with Crippen LogP contribution in [0, 0.1) is 6.92 Å². The van der Waals surface area contributed by atoms with E-state index in [1.54, 1.807) is 19.1 Å². The SMILES string of the molecule is CSc1cc(C(=O)NCc2noc(C)n2)c(Cl)cc1Cl. The molecule has 0 saturated heterocycles. The third-order valence-corrected chi connectivity index (χ3v) is 3.98. The second-order valence-electron chi connectivity index (χ2n) is 3.88. The summed E-state index contributed by atoms with van der Waals surface area (Å²) in [4.78, 5) is 16.9. The van der Waals surface area contributed by atoms with E-state index in [-0.39, 0.29) is 12.5 Å². The van der Waals surface area contributed by atoms with Gasteiger partial charge in [-0.05, 0) is 18.4 Å². The van der Waals surface area contributed by atoms with Gasteiger partial charge in [0, 0.05) is 11.8 Å². The maximum absolute atomic E-state index is 12.1. The number of hydrogen-bond acceptors (Lipinski definition) is 5. The Bertz CT molecular complexity index is 646.